The molecule has 9 heteroatoms. The second-order valence-electron chi connectivity index (χ2n) is 4.21. The van der Waals surface area contributed by atoms with Crippen molar-refractivity contribution in [1.29, 1.82) is 0 Å². The van der Waals surface area contributed by atoms with Crippen molar-refractivity contribution in [3.63, 3.8) is 0 Å². The van der Waals surface area contributed by atoms with Crippen LogP contribution in [-0.2, 0) is 4.79 Å². The summed E-state index contributed by atoms with van der Waals surface area (Å²) >= 11 is -0.247. The van der Waals surface area contributed by atoms with E-state index < -0.39 is 23.6 Å². The number of aliphatic carboxylic acids is 1. The third-order valence-corrected chi connectivity index (χ3v) is 2.70. The van der Waals surface area contributed by atoms with Crippen LogP contribution in [0, 0.1) is 5.92 Å². The van der Waals surface area contributed by atoms with Gasteiger partial charge in [-0.3, -0.25) is 0 Å². The molecule has 3 N–H and O–H groups in total. The molecule has 2 amide bonds. The van der Waals surface area contributed by atoms with Crippen LogP contribution in [0.2, 0.25) is 0 Å². The molecule has 19 heavy (non-hydrogen) atoms. The zero-order valence-corrected chi connectivity index (χ0v) is 11.4. The molecule has 112 valence electrons. The third-order valence-electron chi connectivity index (χ3n) is 1.96. The van der Waals surface area contributed by atoms with Gasteiger partial charge < -0.3 is 15.7 Å². The molecule has 0 aliphatic carbocycles. The van der Waals surface area contributed by atoms with Gasteiger partial charge in [0.25, 0.3) is 0 Å². The van der Waals surface area contributed by atoms with E-state index in [2.05, 4.69) is 10.6 Å². The van der Waals surface area contributed by atoms with Crippen LogP contribution >= 0.6 is 11.8 Å². The van der Waals surface area contributed by atoms with Gasteiger partial charge in [0.15, 0.2) is 0 Å². The summed E-state index contributed by atoms with van der Waals surface area (Å²) in [7, 11) is 0. The molecule has 0 aromatic carbocycles. The van der Waals surface area contributed by atoms with Crippen molar-refractivity contribution in [2.45, 2.75) is 31.8 Å². The number of rotatable bonds is 7. The Balaban J connectivity index is 3.97. The first-order valence-electron chi connectivity index (χ1n) is 5.59. The lowest BCUT2D eigenvalue weighted by atomic mass is 10.0. The van der Waals surface area contributed by atoms with E-state index in [-0.39, 0.29) is 36.4 Å². The fourth-order valence-electron chi connectivity index (χ4n) is 1.23. The van der Waals surface area contributed by atoms with Crippen LogP contribution in [0.1, 0.15) is 20.3 Å². The van der Waals surface area contributed by atoms with Crippen LogP contribution in [-0.4, -0.2) is 41.0 Å². The smallest absolute Gasteiger partial charge is 0.441 e. The van der Waals surface area contributed by atoms with E-state index in [0.29, 0.717) is 0 Å². The molecule has 0 spiro atoms. The van der Waals surface area contributed by atoms with E-state index in [1.165, 1.54) is 0 Å². The topological polar surface area (TPSA) is 78.4 Å². The highest BCUT2D eigenvalue weighted by Crippen LogP contribution is 2.29. The number of hydrogen-bond donors (Lipinski definition) is 3. The monoisotopic (exact) mass is 302 g/mol. The summed E-state index contributed by atoms with van der Waals surface area (Å²) in [6.45, 7) is 3.41. The largest absolute Gasteiger partial charge is 0.480 e. The summed E-state index contributed by atoms with van der Waals surface area (Å²) in [6, 6.07) is -1.83. The van der Waals surface area contributed by atoms with Crippen LogP contribution in [0.15, 0.2) is 0 Å². The molecule has 1 atom stereocenters. The Morgan fingerprint density at radius 3 is 2.32 bits per heavy atom. The van der Waals surface area contributed by atoms with E-state index in [1.807, 2.05) is 0 Å². The summed E-state index contributed by atoms with van der Waals surface area (Å²) in [5.41, 5.74) is -4.33. The fourth-order valence-corrected chi connectivity index (χ4v) is 1.67. The highest BCUT2D eigenvalue weighted by atomic mass is 32.2. The first-order valence-corrected chi connectivity index (χ1v) is 6.58. The van der Waals surface area contributed by atoms with Gasteiger partial charge in [0.2, 0.25) is 0 Å². The summed E-state index contributed by atoms with van der Waals surface area (Å²) in [4.78, 5) is 22.1. The number of alkyl halides is 3. The summed E-state index contributed by atoms with van der Waals surface area (Å²) in [5.74, 6) is -1.42. The molecule has 0 saturated heterocycles. The van der Waals surface area contributed by atoms with Crippen molar-refractivity contribution < 1.29 is 27.9 Å². The number of carbonyl (C=O) groups is 2. The Morgan fingerprint density at radius 1 is 1.32 bits per heavy atom. The Hall–Kier alpha value is -1.12. The molecule has 0 aliphatic rings. The standard InChI is InChI=1S/C10H17F3N2O3S/c1-6(2)5-7(8(16)17)15-9(18)14-3-4-19-10(11,12)13/h6-7H,3-5H2,1-2H3,(H,16,17)(H2,14,15,18). The van der Waals surface area contributed by atoms with E-state index in [0.717, 1.165) is 0 Å². The quantitative estimate of drug-likeness (QED) is 0.629. The maximum Gasteiger partial charge on any atom is 0.441 e. The van der Waals surface area contributed by atoms with Crippen LogP contribution < -0.4 is 10.6 Å². The van der Waals surface area contributed by atoms with Crippen LogP contribution in [0.5, 0.6) is 0 Å². The second kappa shape index (κ2) is 8.13. The lowest BCUT2D eigenvalue weighted by molar-refractivity contribution is -0.139. The zero-order chi connectivity index (χ0) is 15.1. The van der Waals surface area contributed by atoms with Gasteiger partial charge in [0.05, 0.1) is 0 Å². The normalized spacial score (nSPS) is 13.2. The average Bonchev–Trinajstić information content (AvgIpc) is 2.21. The van der Waals surface area contributed by atoms with E-state index in [9.17, 15) is 22.8 Å². The van der Waals surface area contributed by atoms with Crippen LogP contribution in [0.25, 0.3) is 0 Å². The second-order valence-corrected chi connectivity index (χ2v) is 5.37. The molecular weight excluding hydrogens is 285 g/mol. The predicted molar refractivity (Wildman–Crippen MR) is 65.9 cm³/mol. The number of thioether (sulfide) groups is 1. The number of hydrogen-bond acceptors (Lipinski definition) is 3. The number of nitrogens with one attached hydrogen (secondary N) is 2. The Bertz CT molecular complexity index is 311. The molecule has 0 aliphatic heterocycles. The minimum absolute atomic E-state index is 0.0715. The molecule has 0 fully saturated rings. The fraction of sp³-hybridized carbons (Fsp3) is 0.800. The number of halogens is 3. The highest BCUT2D eigenvalue weighted by Gasteiger charge is 2.27. The van der Waals surface area contributed by atoms with Gasteiger partial charge >= 0.3 is 17.5 Å². The first-order chi connectivity index (χ1) is 8.61. The number of amides is 2. The molecule has 0 radical (unpaired) electrons. The average molecular weight is 302 g/mol. The van der Waals surface area contributed by atoms with Gasteiger partial charge in [-0.1, -0.05) is 13.8 Å². The number of urea groups is 1. The molecule has 0 heterocycles. The molecule has 1 unspecified atom stereocenters. The minimum Gasteiger partial charge on any atom is -0.480 e. The molecule has 0 aromatic heterocycles. The SMILES string of the molecule is CC(C)CC(NC(=O)NCCSC(F)(F)F)C(=O)O. The van der Waals surface area contributed by atoms with Gasteiger partial charge in [-0.2, -0.15) is 13.2 Å². The van der Waals surface area contributed by atoms with Gasteiger partial charge in [0, 0.05) is 12.3 Å². The van der Waals surface area contributed by atoms with E-state index in [1.54, 1.807) is 13.8 Å². The van der Waals surface area contributed by atoms with Crippen molar-refractivity contribution in [3.8, 4) is 0 Å². The summed E-state index contributed by atoms with van der Waals surface area (Å²) < 4.78 is 35.4. The molecule has 0 bridgehead atoms. The minimum atomic E-state index is -4.33. The van der Waals surface area contributed by atoms with Crippen molar-refractivity contribution >= 4 is 23.8 Å². The zero-order valence-electron chi connectivity index (χ0n) is 10.6. The maximum absolute atomic E-state index is 11.8. The maximum atomic E-state index is 11.8. The summed E-state index contributed by atoms with van der Waals surface area (Å²) in [5, 5.41) is 13.2. The lowest BCUT2D eigenvalue weighted by Gasteiger charge is -2.16. The predicted octanol–water partition coefficient (Wildman–Crippen LogP) is 2.04. The van der Waals surface area contributed by atoms with Crippen molar-refractivity contribution in [3.05, 3.63) is 0 Å². The Labute approximate surface area is 113 Å². The third kappa shape index (κ3) is 10.5. The van der Waals surface area contributed by atoms with Gasteiger partial charge in [-0.15, -0.1) is 0 Å². The Kier molecular flexibility index (Phi) is 7.65. The number of carbonyl (C=O) groups excluding carboxylic acids is 1. The van der Waals surface area contributed by atoms with Gasteiger partial charge in [0.1, 0.15) is 6.04 Å². The van der Waals surface area contributed by atoms with Crippen molar-refractivity contribution in [2.75, 3.05) is 12.3 Å². The number of carboxylic acids is 1. The first kappa shape index (κ1) is 17.9. The van der Waals surface area contributed by atoms with E-state index in [4.69, 9.17) is 5.11 Å². The van der Waals surface area contributed by atoms with Gasteiger partial charge in [-0.25, -0.2) is 9.59 Å². The summed E-state index contributed by atoms with van der Waals surface area (Å²) in [6.07, 6.45) is 0.250. The molecular formula is C10H17F3N2O3S. The van der Waals surface area contributed by atoms with Crippen LogP contribution in [0.3, 0.4) is 0 Å². The molecule has 0 saturated carbocycles. The van der Waals surface area contributed by atoms with E-state index >= 15 is 0 Å². The molecule has 0 aromatic rings. The van der Waals surface area contributed by atoms with Crippen LogP contribution in [0.4, 0.5) is 18.0 Å². The highest BCUT2D eigenvalue weighted by molar-refractivity contribution is 8.00. The Morgan fingerprint density at radius 2 is 1.89 bits per heavy atom. The molecule has 5 nitrogen and oxygen atoms in total. The van der Waals surface area contributed by atoms with Crippen molar-refractivity contribution in [2.24, 2.45) is 5.92 Å². The van der Waals surface area contributed by atoms with Crippen molar-refractivity contribution in [1.82, 2.24) is 10.6 Å². The molecule has 0 rings (SSSR count). The van der Waals surface area contributed by atoms with Gasteiger partial charge in [-0.05, 0) is 24.1 Å². The lowest BCUT2D eigenvalue weighted by Crippen LogP contribution is -2.47. The number of carboxylic acid groups (broad SMARTS) is 1.